The standard InChI is InChI=1S/C19H26N2O2S/c1-15(2)18(14-22)20-10-12-21(13-11-20)24(23)19-9-5-7-16-6-3-4-8-17(16)19/h3-9,15,18,22H,10-14H2,1-2H3/t18-,24?/m1/s1. The molecular weight excluding hydrogens is 320 g/mol. The zero-order chi connectivity index (χ0) is 17.1. The van der Waals surface area contributed by atoms with E-state index in [1.165, 1.54) is 0 Å². The summed E-state index contributed by atoms with van der Waals surface area (Å²) >= 11 is 0. The smallest absolute Gasteiger partial charge is 0.128 e. The lowest BCUT2D eigenvalue weighted by Gasteiger charge is -2.39. The van der Waals surface area contributed by atoms with Crippen LogP contribution in [0.15, 0.2) is 47.4 Å². The van der Waals surface area contributed by atoms with Crippen LogP contribution < -0.4 is 0 Å². The Kier molecular flexibility index (Phi) is 5.66. The molecule has 0 aromatic heterocycles. The molecule has 4 nitrogen and oxygen atoms in total. The fourth-order valence-corrected chi connectivity index (χ4v) is 4.78. The van der Waals surface area contributed by atoms with Crippen LogP contribution in [0.2, 0.25) is 0 Å². The third-order valence-corrected chi connectivity index (χ3v) is 6.44. The number of benzene rings is 2. The summed E-state index contributed by atoms with van der Waals surface area (Å²) in [5.41, 5.74) is 0. The predicted octanol–water partition coefficient (Wildman–Crippen LogP) is 2.50. The van der Waals surface area contributed by atoms with Crippen LogP contribution in [0.25, 0.3) is 10.8 Å². The lowest BCUT2D eigenvalue weighted by molar-refractivity contribution is 0.0654. The van der Waals surface area contributed by atoms with Crippen molar-refractivity contribution in [1.29, 1.82) is 0 Å². The molecule has 2 aromatic carbocycles. The van der Waals surface area contributed by atoms with E-state index >= 15 is 0 Å². The molecule has 0 bridgehead atoms. The molecule has 1 aliphatic heterocycles. The highest BCUT2D eigenvalue weighted by molar-refractivity contribution is 7.83. The first-order chi connectivity index (χ1) is 11.6. The second kappa shape index (κ2) is 7.74. The van der Waals surface area contributed by atoms with Crippen LogP contribution in [0.3, 0.4) is 0 Å². The summed E-state index contributed by atoms with van der Waals surface area (Å²) in [6, 6.07) is 14.3. The number of hydrogen-bond acceptors (Lipinski definition) is 3. The van der Waals surface area contributed by atoms with E-state index in [-0.39, 0.29) is 12.6 Å². The first-order valence-electron chi connectivity index (χ1n) is 8.61. The summed E-state index contributed by atoms with van der Waals surface area (Å²) in [5, 5.41) is 11.8. The summed E-state index contributed by atoms with van der Waals surface area (Å²) < 4.78 is 15.1. The molecule has 3 rings (SSSR count). The van der Waals surface area contributed by atoms with E-state index in [1.54, 1.807) is 0 Å². The van der Waals surface area contributed by atoms with Crippen molar-refractivity contribution in [2.75, 3.05) is 32.8 Å². The van der Waals surface area contributed by atoms with E-state index < -0.39 is 11.0 Å². The van der Waals surface area contributed by atoms with Crippen LogP contribution in [0.5, 0.6) is 0 Å². The van der Waals surface area contributed by atoms with Crippen molar-refractivity contribution in [2.45, 2.75) is 24.8 Å². The van der Waals surface area contributed by atoms with E-state index in [2.05, 4.69) is 30.9 Å². The third-order valence-electron chi connectivity index (χ3n) is 4.87. The maximum atomic E-state index is 13.1. The molecule has 0 amide bonds. The van der Waals surface area contributed by atoms with E-state index in [0.717, 1.165) is 41.8 Å². The number of rotatable bonds is 5. The van der Waals surface area contributed by atoms with Gasteiger partial charge in [0.2, 0.25) is 0 Å². The van der Waals surface area contributed by atoms with Gasteiger partial charge in [0.15, 0.2) is 0 Å². The van der Waals surface area contributed by atoms with E-state index in [9.17, 15) is 9.32 Å². The highest BCUT2D eigenvalue weighted by atomic mass is 32.2. The van der Waals surface area contributed by atoms with Crippen molar-refractivity contribution >= 4 is 21.8 Å². The van der Waals surface area contributed by atoms with Gasteiger partial charge in [-0.3, -0.25) is 4.90 Å². The summed E-state index contributed by atoms with van der Waals surface area (Å²) in [6.45, 7) is 7.69. The lowest BCUT2D eigenvalue weighted by atomic mass is 10.0. The maximum Gasteiger partial charge on any atom is 0.128 e. The van der Waals surface area contributed by atoms with Crippen molar-refractivity contribution < 1.29 is 9.32 Å². The number of piperazine rings is 1. The average molecular weight is 346 g/mol. The van der Waals surface area contributed by atoms with Crippen molar-refractivity contribution in [3.63, 3.8) is 0 Å². The van der Waals surface area contributed by atoms with Gasteiger partial charge in [0.25, 0.3) is 0 Å². The quantitative estimate of drug-likeness (QED) is 0.905. The van der Waals surface area contributed by atoms with Crippen molar-refractivity contribution in [3.05, 3.63) is 42.5 Å². The SMILES string of the molecule is CC(C)[C@@H](CO)N1CCN(S(=O)c2cccc3ccccc23)CC1. The number of nitrogens with zero attached hydrogens (tertiary/aromatic N) is 2. The topological polar surface area (TPSA) is 43.8 Å². The van der Waals surface area contributed by atoms with Crippen LogP contribution in [-0.2, 0) is 11.0 Å². The van der Waals surface area contributed by atoms with Gasteiger partial charge in [-0.25, -0.2) is 8.51 Å². The molecule has 0 spiro atoms. The number of fused-ring (bicyclic) bond motifs is 1. The van der Waals surface area contributed by atoms with Gasteiger partial charge in [0, 0.05) is 32.2 Å². The van der Waals surface area contributed by atoms with Crippen molar-refractivity contribution in [2.24, 2.45) is 5.92 Å². The fraction of sp³-hybridized carbons (Fsp3) is 0.474. The molecule has 2 aromatic rings. The maximum absolute atomic E-state index is 13.1. The van der Waals surface area contributed by atoms with Crippen molar-refractivity contribution in [3.8, 4) is 0 Å². The molecule has 1 aliphatic rings. The molecule has 0 saturated carbocycles. The second-order valence-corrected chi connectivity index (χ2v) is 8.14. The minimum absolute atomic E-state index is 0.185. The largest absolute Gasteiger partial charge is 0.395 e. The van der Waals surface area contributed by atoms with E-state index in [4.69, 9.17) is 0 Å². The van der Waals surface area contributed by atoms with E-state index in [0.29, 0.717) is 5.92 Å². The second-order valence-electron chi connectivity index (χ2n) is 6.69. The van der Waals surface area contributed by atoms with Gasteiger partial charge in [-0.05, 0) is 22.8 Å². The summed E-state index contributed by atoms with van der Waals surface area (Å²) in [4.78, 5) is 3.21. The Morgan fingerprint density at radius 1 is 1.04 bits per heavy atom. The fourth-order valence-electron chi connectivity index (χ4n) is 3.44. The number of aliphatic hydroxyl groups is 1. The molecular formula is C19H26N2O2S. The summed E-state index contributed by atoms with van der Waals surface area (Å²) in [7, 11) is -1.14. The highest BCUT2D eigenvalue weighted by Crippen LogP contribution is 2.24. The van der Waals surface area contributed by atoms with Crippen LogP contribution in [0.1, 0.15) is 13.8 Å². The Morgan fingerprint density at radius 3 is 2.38 bits per heavy atom. The van der Waals surface area contributed by atoms with Gasteiger partial charge in [-0.15, -0.1) is 0 Å². The van der Waals surface area contributed by atoms with Crippen LogP contribution >= 0.6 is 0 Å². The predicted molar refractivity (Wildman–Crippen MR) is 99.2 cm³/mol. The van der Waals surface area contributed by atoms with Gasteiger partial charge in [-0.1, -0.05) is 50.2 Å². The number of aliphatic hydroxyl groups excluding tert-OH is 1. The molecule has 0 radical (unpaired) electrons. The van der Waals surface area contributed by atoms with Gasteiger partial charge < -0.3 is 5.11 Å². The zero-order valence-corrected chi connectivity index (χ0v) is 15.2. The van der Waals surface area contributed by atoms with E-state index in [1.807, 2.05) is 34.6 Å². The highest BCUT2D eigenvalue weighted by Gasteiger charge is 2.28. The zero-order valence-electron chi connectivity index (χ0n) is 14.4. The Balaban J connectivity index is 1.73. The van der Waals surface area contributed by atoms with Gasteiger partial charge in [-0.2, -0.15) is 0 Å². The van der Waals surface area contributed by atoms with Crippen LogP contribution in [-0.4, -0.2) is 57.3 Å². The first kappa shape index (κ1) is 17.5. The molecule has 1 heterocycles. The minimum Gasteiger partial charge on any atom is -0.395 e. The molecule has 1 fully saturated rings. The minimum atomic E-state index is -1.14. The third kappa shape index (κ3) is 3.54. The molecule has 1 N–H and O–H groups in total. The molecule has 0 aliphatic carbocycles. The normalized spacial score (nSPS) is 19.7. The van der Waals surface area contributed by atoms with Crippen LogP contribution in [0.4, 0.5) is 0 Å². The Morgan fingerprint density at radius 2 is 1.71 bits per heavy atom. The van der Waals surface area contributed by atoms with Gasteiger partial charge >= 0.3 is 0 Å². The number of hydrogen-bond donors (Lipinski definition) is 1. The molecule has 2 atom stereocenters. The first-order valence-corrected chi connectivity index (χ1v) is 9.72. The monoisotopic (exact) mass is 346 g/mol. The lowest BCUT2D eigenvalue weighted by Crippen LogP contribution is -2.53. The molecule has 1 unspecified atom stereocenters. The average Bonchev–Trinajstić information content (AvgIpc) is 2.61. The summed E-state index contributed by atoms with van der Waals surface area (Å²) in [6.07, 6.45) is 0. The molecule has 5 heteroatoms. The summed E-state index contributed by atoms with van der Waals surface area (Å²) in [5.74, 6) is 0.421. The van der Waals surface area contributed by atoms with Crippen LogP contribution in [0, 0.1) is 5.92 Å². The molecule has 24 heavy (non-hydrogen) atoms. The van der Waals surface area contributed by atoms with Crippen molar-refractivity contribution in [1.82, 2.24) is 9.21 Å². The van der Waals surface area contributed by atoms with Gasteiger partial charge in [0.05, 0.1) is 11.5 Å². The molecule has 1 saturated heterocycles. The van der Waals surface area contributed by atoms with Gasteiger partial charge in [0.1, 0.15) is 11.0 Å². The Bertz CT molecular complexity index is 706. The Labute approximate surface area is 146 Å². The Hall–Kier alpha value is -1.27. The molecule has 130 valence electrons.